The smallest absolute Gasteiger partial charge is 0.354 e. The average Bonchev–Trinajstić information content (AvgIpc) is 2.79. The zero-order valence-electron chi connectivity index (χ0n) is 18.5. The topological polar surface area (TPSA) is 63.1 Å². The van der Waals surface area contributed by atoms with Gasteiger partial charge >= 0.3 is 5.97 Å². The molecular weight excluding hydrogens is 391 g/mol. The van der Waals surface area contributed by atoms with Crippen LogP contribution < -0.4 is 0 Å². The van der Waals surface area contributed by atoms with E-state index in [0.29, 0.717) is 17.1 Å². The van der Waals surface area contributed by atoms with Crippen molar-refractivity contribution in [3.8, 4) is 11.3 Å². The van der Waals surface area contributed by atoms with Crippen LogP contribution in [0.25, 0.3) is 11.3 Å². The fourth-order valence-corrected chi connectivity index (χ4v) is 4.52. The number of halogens is 1. The SMILES string of the molecule is CCC(C)C(c1cccc(C(=O)O)n1)(c1cc(F)cc(-c2ccccc2)n1)C(C)CC. The predicted molar refractivity (Wildman–Crippen MR) is 121 cm³/mol. The first-order valence-electron chi connectivity index (χ1n) is 10.8. The minimum absolute atomic E-state index is 0.0202. The molecule has 0 amide bonds. The first-order valence-corrected chi connectivity index (χ1v) is 10.8. The molecule has 0 aliphatic carbocycles. The summed E-state index contributed by atoms with van der Waals surface area (Å²) in [4.78, 5) is 21.1. The zero-order valence-corrected chi connectivity index (χ0v) is 18.5. The number of carbonyl (C=O) groups is 1. The maximum atomic E-state index is 14.9. The maximum Gasteiger partial charge on any atom is 0.354 e. The van der Waals surface area contributed by atoms with Crippen LogP contribution in [-0.4, -0.2) is 21.0 Å². The summed E-state index contributed by atoms with van der Waals surface area (Å²) in [7, 11) is 0. The van der Waals surface area contributed by atoms with Crippen molar-refractivity contribution in [2.75, 3.05) is 0 Å². The van der Waals surface area contributed by atoms with Gasteiger partial charge in [0, 0.05) is 11.6 Å². The van der Waals surface area contributed by atoms with E-state index in [1.165, 1.54) is 18.2 Å². The molecule has 0 saturated carbocycles. The van der Waals surface area contributed by atoms with Gasteiger partial charge in [-0.25, -0.2) is 14.2 Å². The Hall–Kier alpha value is -3.08. The van der Waals surface area contributed by atoms with Crippen LogP contribution in [0.4, 0.5) is 4.39 Å². The molecule has 2 aromatic heterocycles. The van der Waals surface area contributed by atoms with E-state index in [1.807, 2.05) is 36.4 Å². The molecule has 0 spiro atoms. The zero-order chi connectivity index (χ0) is 22.6. The third kappa shape index (κ3) is 4.22. The molecular formula is C26H29FN2O2. The number of nitrogens with zero attached hydrogens (tertiary/aromatic N) is 2. The fraction of sp³-hybridized carbons (Fsp3) is 0.346. The van der Waals surface area contributed by atoms with Gasteiger partial charge in [-0.3, -0.25) is 4.98 Å². The highest BCUT2D eigenvalue weighted by Crippen LogP contribution is 2.47. The van der Waals surface area contributed by atoms with Crippen molar-refractivity contribution >= 4 is 5.97 Å². The number of rotatable bonds is 8. The Bertz CT molecular complexity index is 1040. The van der Waals surface area contributed by atoms with Crippen LogP contribution in [-0.2, 0) is 5.41 Å². The van der Waals surface area contributed by atoms with Gasteiger partial charge in [0.15, 0.2) is 0 Å². The third-order valence-corrected chi connectivity index (χ3v) is 6.45. The molecule has 1 aromatic carbocycles. The molecule has 5 heteroatoms. The highest BCUT2D eigenvalue weighted by atomic mass is 19.1. The number of hydrogen-bond donors (Lipinski definition) is 1. The lowest BCUT2D eigenvalue weighted by molar-refractivity contribution is 0.0689. The third-order valence-electron chi connectivity index (χ3n) is 6.45. The summed E-state index contributed by atoms with van der Waals surface area (Å²) in [5.74, 6) is -1.34. The molecule has 162 valence electrons. The van der Waals surface area contributed by atoms with E-state index in [2.05, 4.69) is 32.7 Å². The molecule has 3 rings (SSSR count). The molecule has 2 heterocycles. The highest BCUT2D eigenvalue weighted by molar-refractivity contribution is 5.85. The summed E-state index contributed by atoms with van der Waals surface area (Å²) in [5.41, 5.74) is 1.84. The van der Waals surface area contributed by atoms with Crippen molar-refractivity contribution in [2.24, 2.45) is 11.8 Å². The summed E-state index contributed by atoms with van der Waals surface area (Å²) in [6, 6.07) is 17.5. The van der Waals surface area contributed by atoms with Gasteiger partial charge in [-0.2, -0.15) is 0 Å². The van der Waals surface area contributed by atoms with Gasteiger partial charge in [-0.15, -0.1) is 0 Å². The lowest BCUT2D eigenvalue weighted by atomic mass is 9.61. The summed E-state index contributed by atoms with van der Waals surface area (Å²) in [6.45, 7) is 8.38. The number of benzene rings is 1. The first kappa shape index (κ1) is 22.6. The molecule has 1 N–H and O–H groups in total. The van der Waals surface area contributed by atoms with Gasteiger partial charge < -0.3 is 5.11 Å². The van der Waals surface area contributed by atoms with Crippen molar-refractivity contribution in [2.45, 2.75) is 46.0 Å². The van der Waals surface area contributed by atoms with E-state index in [1.54, 1.807) is 6.07 Å². The molecule has 0 bridgehead atoms. The molecule has 0 aliphatic heterocycles. The normalized spacial score (nSPS) is 15.1. The Balaban J connectivity index is 2.35. The molecule has 4 nitrogen and oxygen atoms in total. The fourth-order valence-electron chi connectivity index (χ4n) is 4.52. The number of aromatic carboxylic acids is 1. The summed E-state index contributed by atoms with van der Waals surface area (Å²) in [6.07, 6.45) is 1.62. The molecule has 2 atom stereocenters. The summed E-state index contributed by atoms with van der Waals surface area (Å²) in [5, 5.41) is 9.54. The predicted octanol–water partition coefficient (Wildman–Crippen LogP) is 6.36. The van der Waals surface area contributed by atoms with Gasteiger partial charge in [0.05, 0.1) is 22.5 Å². The minimum Gasteiger partial charge on any atom is -0.477 e. The van der Waals surface area contributed by atoms with Crippen LogP contribution in [0.5, 0.6) is 0 Å². The van der Waals surface area contributed by atoms with Crippen molar-refractivity contribution < 1.29 is 14.3 Å². The van der Waals surface area contributed by atoms with Crippen molar-refractivity contribution in [1.29, 1.82) is 0 Å². The van der Waals surface area contributed by atoms with E-state index in [-0.39, 0.29) is 23.3 Å². The van der Waals surface area contributed by atoms with Gasteiger partial charge in [0.1, 0.15) is 11.5 Å². The summed E-state index contributed by atoms with van der Waals surface area (Å²) >= 11 is 0. The highest BCUT2D eigenvalue weighted by Gasteiger charge is 2.46. The van der Waals surface area contributed by atoms with Crippen LogP contribution in [0, 0.1) is 17.7 Å². The maximum absolute atomic E-state index is 14.9. The largest absolute Gasteiger partial charge is 0.477 e. The second-order valence-electron chi connectivity index (χ2n) is 8.12. The second kappa shape index (κ2) is 9.38. The lowest BCUT2D eigenvalue weighted by Crippen LogP contribution is -2.43. The first-order chi connectivity index (χ1) is 14.8. The Morgan fingerprint density at radius 1 is 0.935 bits per heavy atom. The number of aromatic nitrogens is 2. The Morgan fingerprint density at radius 2 is 1.58 bits per heavy atom. The van der Waals surface area contributed by atoms with Crippen LogP contribution in [0.1, 0.15) is 62.4 Å². The van der Waals surface area contributed by atoms with Crippen LogP contribution in [0.2, 0.25) is 0 Å². The Kier molecular flexibility index (Phi) is 6.84. The standard InChI is InChI=1S/C26H29FN2O2/c1-5-17(3)26(18(4)6-2,23-14-10-13-21(28-23)25(30)31)24-16-20(27)15-22(29-24)19-11-8-7-9-12-19/h7-18H,5-6H2,1-4H3,(H,30,31). The molecule has 0 radical (unpaired) electrons. The van der Waals surface area contributed by atoms with Gasteiger partial charge in [0.25, 0.3) is 0 Å². The van der Waals surface area contributed by atoms with E-state index in [0.717, 1.165) is 18.4 Å². The van der Waals surface area contributed by atoms with Crippen molar-refractivity contribution in [3.05, 3.63) is 83.6 Å². The van der Waals surface area contributed by atoms with Crippen LogP contribution in [0.3, 0.4) is 0 Å². The van der Waals surface area contributed by atoms with Crippen LogP contribution >= 0.6 is 0 Å². The van der Waals surface area contributed by atoms with Gasteiger partial charge in [-0.1, -0.05) is 76.9 Å². The van der Waals surface area contributed by atoms with E-state index in [4.69, 9.17) is 4.98 Å². The lowest BCUT2D eigenvalue weighted by Gasteiger charge is -2.43. The van der Waals surface area contributed by atoms with E-state index >= 15 is 0 Å². The van der Waals surface area contributed by atoms with Gasteiger partial charge in [-0.05, 0) is 30.0 Å². The number of hydrogen-bond acceptors (Lipinski definition) is 3. The number of carboxylic acids is 1. The molecule has 31 heavy (non-hydrogen) atoms. The van der Waals surface area contributed by atoms with Gasteiger partial charge in [0.2, 0.25) is 0 Å². The second-order valence-corrected chi connectivity index (χ2v) is 8.12. The minimum atomic E-state index is -1.08. The van der Waals surface area contributed by atoms with E-state index in [9.17, 15) is 14.3 Å². The monoisotopic (exact) mass is 420 g/mol. The molecule has 3 aromatic rings. The number of carboxylic acid groups (broad SMARTS) is 1. The molecule has 2 unspecified atom stereocenters. The number of pyridine rings is 2. The van der Waals surface area contributed by atoms with Crippen molar-refractivity contribution in [1.82, 2.24) is 9.97 Å². The summed E-state index contributed by atoms with van der Waals surface area (Å²) < 4.78 is 14.9. The quantitative estimate of drug-likeness (QED) is 0.461. The van der Waals surface area contributed by atoms with Crippen molar-refractivity contribution in [3.63, 3.8) is 0 Å². The average molecular weight is 421 g/mol. The Morgan fingerprint density at radius 3 is 2.16 bits per heavy atom. The Labute approximate surface area is 183 Å². The van der Waals surface area contributed by atoms with E-state index < -0.39 is 11.4 Å². The molecule has 0 fully saturated rings. The molecule has 0 aliphatic rings. The molecule has 0 saturated heterocycles. The van der Waals surface area contributed by atoms with Crippen LogP contribution in [0.15, 0.2) is 60.7 Å².